The van der Waals surface area contributed by atoms with Crippen molar-refractivity contribution in [3.05, 3.63) is 0 Å². The average Bonchev–Trinajstić information content (AvgIpc) is 2.35. The smallest absolute Gasteiger partial charge is 0.0103 e. The maximum atomic E-state index is 4.10. The monoisotopic (exact) mass is 265 g/mol. The fourth-order valence-electron chi connectivity index (χ4n) is 4.49. The minimum absolute atomic E-state index is 0.778. The van der Waals surface area contributed by atoms with Crippen LogP contribution in [0, 0.1) is 29.6 Å². The summed E-state index contributed by atoms with van der Waals surface area (Å²) in [5.41, 5.74) is 0. The molecule has 0 heterocycles. The molecule has 0 aromatic rings. The lowest BCUT2D eigenvalue weighted by Crippen LogP contribution is -2.51. The Kier molecular flexibility index (Phi) is 5.34. The van der Waals surface area contributed by atoms with Crippen LogP contribution < -0.4 is 5.32 Å². The van der Waals surface area contributed by atoms with Crippen molar-refractivity contribution in [2.75, 3.05) is 0 Å². The number of hydrogen-bond acceptors (Lipinski definition) is 1. The second-order valence-corrected chi connectivity index (χ2v) is 7.97. The molecule has 6 atom stereocenters. The lowest BCUT2D eigenvalue weighted by atomic mass is 9.72. The molecule has 0 aliphatic heterocycles. The Bertz CT molecular complexity index is 273. The first kappa shape index (κ1) is 15.4. The van der Waals surface area contributed by atoms with Gasteiger partial charge in [-0.3, -0.25) is 0 Å². The summed E-state index contributed by atoms with van der Waals surface area (Å²) in [6.07, 6.45) is 8.55. The molecule has 0 aromatic carbocycles. The van der Waals surface area contributed by atoms with E-state index in [0.717, 1.165) is 41.7 Å². The van der Waals surface area contributed by atoms with E-state index < -0.39 is 0 Å². The minimum Gasteiger partial charge on any atom is -0.311 e. The normalized spacial score (nSPS) is 44.5. The molecule has 6 unspecified atom stereocenters. The van der Waals surface area contributed by atoms with E-state index in [2.05, 4.69) is 39.9 Å². The zero-order valence-corrected chi connectivity index (χ0v) is 13.8. The molecule has 2 fully saturated rings. The molecule has 0 aromatic heterocycles. The van der Waals surface area contributed by atoms with Crippen LogP contribution in [-0.4, -0.2) is 12.1 Å². The quantitative estimate of drug-likeness (QED) is 0.768. The molecular formula is C18H35N. The van der Waals surface area contributed by atoms with Gasteiger partial charge in [0.25, 0.3) is 0 Å². The lowest BCUT2D eigenvalue weighted by Gasteiger charge is -2.43. The van der Waals surface area contributed by atoms with Crippen LogP contribution in [0.1, 0.15) is 73.1 Å². The van der Waals surface area contributed by atoms with Gasteiger partial charge in [0.15, 0.2) is 0 Å². The number of hydrogen-bond donors (Lipinski definition) is 1. The summed E-state index contributed by atoms with van der Waals surface area (Å²) in [4.78, 5) is 0. The highest BCUT2D eigenvalue weighted by molar-refractivity contribution is 4.91. The molecule has 0 saturated heterocycles. The van der Waals surface area contributed by atoms with Crippen molar-refractivity contribution in [3.8, 4) is 0 Å². The van der Waals surface area contributed by atoms with Crippen LogP contribution in [-0.2, 0) is 0 Å². The summed E-state index contributed by atoms with van der Waals surface area (Å²) in [7, 11) is 0. The van der Waals surface area contributed by atoms with Gasteiger partial charge in [-0.2, -0.15) is 0 Å². The van der Waals surface area contributed by atoms with E-state index >= 15 is 0 Å². The Balaban J connectivity index is 1.97. The molecule has 0 radical (unpaired) electrons. The van der Waals surface area contributed by atoms with E-state index in [4.69, 9.17) is 0 Å². The van der Waals surface area contributed by atoms with E-state index in [1.165, 1.54) is 38.5 Å². The van der Waals surface area contributed by atoms with Gasteiger partial charge in [-0.1, -0.05) is 53.9 Å². The van der Waals surface area contributed by atoms with Crippen molar-refractivity contribution in [1.29, 1.82) is 0 Å². The van der Waals surface area contributed by atoms with E-state index in [1.54, 1.807) is 0 Å². The van der Waals surface area contributed by atoms with Crippen molar-refractivity contribution in [2.45, 2.75) is 85.2 Å². The Morgan fingerprint density at radius 3 is 2.32 bits per heavy atom. The average molecular weight is 265 g/mol. The van der Waals surface area contributed by atoms with Gasteiger partial charge in [-0.05, 0) is 48.9 Å². The standard InChI is InChI=1S/C18H35N/c1-12(2)16-10-9-13(3)11-18(16)19-17-8-6-7-14(4)15(17)5/h12-19H,6-11H2,1-5H3. The predicted octanol–water partition coefficient (Wildman–Crippen LogP) is 4.86. The fourth-order valence-corrected chi connectivity index (χ4v) is 4.49. The first-order valence-corrected chi connectivity index (χ1v) is 8.75. The molecule has 19 heavy (non-hydrogen) atoms. The summed E-state index contributed by atoms with van der Waals surface area (Å²) in [5.74, 6) is 4.43. The van der Waals surface area contributed by atoms with Crippen LogP contribution in [0.15, 0.2) is 0 Å². The van der Waals surface area contributed by atoms with Gasteiger partial charge in [-0.15, -0.1) is 0 Å². The maximum absolute atomic E-state index is 4.10. The Morgan fingerprint density at radius 1 is 0.895 bits per heavy atom. The van der Waals surface area contributed by atoms with Crippen LogP contribution in [0.3, 0.4) is 0 Å². The second-order valence-electron chi connectivity index (χ2n) is 7.97. The Hall–Kier alpha value is -0.0400. The molecule has 0 bridgehead atoms. The van der Waals surface area contributed by atoms with Gasteiger partial charge in [0.2, 0.25) is 0 Å². The van der Waals surface area contributed by atoms with Crippen LogP contribution in [0.5, 0.6) is 0 Å². The molecule has 1 heteroatoms. The van der Waals surface area contributed by atoms with Crippen LogP contribution in [0.2, 0.25) is 0 Å². The third-order valence-electron chi connectivity index (χ3n) is 6.16. The molecule has 2 saturated carbocycles. The number of nitrogens with one attached hydrogen (secondary N) is 1. The van der Waals surface area contributed by atoms with Crippen molar-refractivity contribution < 1.29 is 0 Å². The maximum Gasteiger partial charge on any atom is 0.0103 e. The van der Waals surface area contributed by atoms with Crippen LogP contribution >= 0.6 is 0 Å². The van der Waals surface area contributed by atoms with Gasteiger partial charge in [0.05, 0.1) is 0 Å². The fraction of sp³-hybridized carbons (Fsp3) is 1.00. The first-order valence-electron chi connectivity index (χ1n) is 8.75. The lowest BCUT2D eigenvalue weighted by molar-refractivity contribution is 0.121. The van der Waals surface area contributed by atoms with Crippen LogP contribution in [0.4, 0.5) is 0 Å². The molecule has 0 spiro atoms. The van der Waals surface area contributed by atoms with Gasteiger partial charge in [0.1, 0.15) is 0 Å². The molecular weight excluding hydrogens is 230 g/mol. The van der Waals surface area contributed by atoms with E-state index in [-0.39, 0.29) is 0 Å². The van der Waals surface area contributed by atoms with E-state index in [1.807, 2.05) is 0 Å². The van der Waals surface area contributed by atoms with Gasteiger partial charge < -0.3 is 5.32 Å². The molecule has 1 N–H and O–H groups in total. The van der Waals surface area contributed by atoms with Crippen molar-refractivity contribution in [3.63, 3.8) is 0 Å². The van der Waals surface area contributed by atoms with Crippen molar-refractivity contribution in [1.82, 2.24) is 5.32 Å². The third-order valence-corrected chi connectivity index (χ3v) is 6.16. The van der Waals surface area contributed by atoms with Crippen LogP contribution in [0.25, 0.3) is 0 Å². The highest BCUT2D eigenvalue weighted by Gasteiger charge is 2.34. The van der Waals surface area contributed by atoms with E-state index in [9.17, 15) is 0 Å². The summed E-state index contributed by atoms with van der Waals surface area (Å²) in [6, 6.07) is 1.56. The minimum atomic E-state index is 0.778. The Morgan fingerprint density at radius 2 is 1.63 bits per heavy atom. The van der Waals surface area contributed by atoms with Gasteiger partial charge >= 0.3 is 0 Å². The summed E-state index contributed by atoms with van der Waals surface area (Å²) < 4.78 is 0. The largest absolute Gasteiger partial charge is 0.311 e. The van der Waals surface area contributed by atoms with Crippen molar-refractivity contribution >= 4 is 0 Å². The zero-order valence-electron chi connectivity index (χ0n) is 13.8. The molecule has 0 amide bonds. The molecule has 112 valence electrons. The SMILES string of the molecule is CC1CCC(C(C)C)C(NC2CCCC(C)C2C)C1. The van der Waals surface area contributed by atoms with Crippen molar-refractivity contribution in [2.24, 2.45) is 29.6 Å². The highest BCUT2D eigenvalue weighted by atomic mass is 15.0. The van der Waals surface area contributed by atoms with E-state index in [0.29, 0.717) is 0 Å². The molecule has 2 aliphatic rings. The first-order chi connectivity index (χ1) is 8.99. The summed E-state index contributed by atoms with van der Waals surface area (Å²) in [5, 5.41) is 4.10. The zero-order chi connectivity index (χ0) is 14.0. The highest BCUT2D eigenvalue weighted by Crippen LogP contribution is 2.36. The predicted molar refractivity (Wildman–Crippen MR) is 84.2 cm³/mol. The van der Waals surface area contributed by atoms with Gasteiger partial charge in [0, 0.05) is 12.1 Å². The second kappa shape index (κ2) is 6.61. The summed E-state index contributed by atoms with van der Waals surface area (Å²) >= 11 is 0. The topological polar surface area (TPSA) is 12.0 Å². The molecule has 2 aliphatic carbocycles. The Labute approximate surface area is 120 Å². The number of rotatable bonds is 3. The molecule has 2 rings (SSSR count). The van der Waals surface area contributed by atoms with Gasteiger partial charge in [-0.25, -0.2) is 0 Å². The molecule has 1 nitrogen and oxygen atoms in total. The third kappa shape index (κ3) is 3.74. The summed E-state index contributed by atoms with van der Waals surface area (Å²) in [6.45, 7) is 12.2.